The highest BCUT2D eigenvalue weighted by molar-refractivity contribution is 5.95. The normalized spacial score (nSPS) is 10.5. The van der Waals surface area contributed by atoms with Gasteiger partial charge in [0.15, 0.2) is 0 Å². The summed E-state index contributed by atoms with van der Waals surface area (Å²) in [7, 11) is 0. The number of hydrogen-bond acceptors (Lipinski definition) is 5. The first-order valence-corrected chi connectivity index (χ1v) is 5.93. The molecule has 0 radical (unpaired) electrons. The molecule has 0 bridgehead atoms. The van der Waals surface area contributed by atoms with Crippen molar-refractivity contribution in [3.63, 3.8) is 0 Å². The van der Waals surface area contributed by atoms with E-state index < -0.39 is 10.8 Å². The van der Waals surface area contributed by atoms with Gasteiger partial charge in [-0.15, -0.1) is 0 Å². The Balaban J connectivity index is 2.05. The van der Waals surface area contributed by atoms with Gasteiger partial charge in [0.2, 0.25) is 0 Å². The summed E-state index contributed by atoms with van der Waals surface area (Å²) < 4.78 is 0. The minimum absolute atomic E-state index is 0.0870. The van der Waals surface area contributed by atoms with Crippen LogP contribution >= 0.6 is 0 Å². The summed E-state index contributed by atoms with van der Waals surface area (Å²) in [5, 5.41) is 23.6. The summed E-state index contributed by atoms with van der Waals surface area (Å²) in [5.74, 6) is -0.473. The lowest BCUT2D eigenvalue weighted by Gasteiger charge is -2.00. The van der Waals surface area contributed by atoms with Crippen molar-refractivity contribution in [1.29, 1.82) is 0 Å². The smallest absolute Gasteiger partial charge is 0.271 e. The number of rotatable bonds is 4. The molecule has 0 aliphatic carbocycles. The van der Waals surface area contributed by atoms with Gasteiger partial charge in [-0.3, -0.25) is 14.9 Å². The van der Waals surface area contributed by atoms with Crippen LogP contribution in [0.1, 0.15) is 15.9 Å². The van der Waals surface area contributed by atoms with Gasteiger partial charge in [0.25, 0.3) is 11.6 Å². The van der Waals surface area contributed by atoms with Gasteiger partial charge in [0, 0.05) is 17.7 Å². The van der Waals surface area contributed by atoms with E-state index >= 15 is 0 Å². The monoisotopic (exact) mass is 285 g/mol. The Bertz CT molecular complexity index is 713. The van der Waals surface area contributed by atoms with Crippen LogP contribution in [0, 0.1) is 10.1 Å². The number of nitro groups is 1. The van der Waals surface area contributed by atoms with Crippen LogP contribution < -0.4 is 5.43 Å². The van der Waals surface area contributed by atoms with Crippen LogP contribution in [0.25, 0.3) is 0 Å². The van der Waals surface area contributed by atoms with E-state index in [0.717, 1.165) is 0 Å². The third-order valence-corrected chi connectivity index (χ3v) is 2.57. The zero-order valence-electron chi connectivity index (χ0n) is 10.8. The second kappa shape index (κ2) is 6.29. The van der Waals surface area contributed by atoms with E-state index in [0.29, 0.717) is 5.56 Å². The van der Waals surface area contributed by atoms with Crippen LogP contribution in [0.15, 0.2) is 53.6 Å². The summed E-state index contributed by atoms with van der Waals surface area (Å²) in [4.78, 5) is 21.8. The quantitative estimate of drug-likeness (QED) is 0.509. The predicted octanol–water partition coefficient (Wildman–Crippen LogP) is 2.06. The molecule has 1 amide bonds. The minimum atomic E-state index is -0.577. The van der Waals surface area contributed by atoms with E-state index in [1.165, 1.54) is 42.6 Å². The Morgan fingerprint density at radius 2 is 2.00 bits per heavy atom. The van der Waals surface area contributed by atoms with Crippen LogP contribution in [0.4, 0.5) is 5.69 Å². The van der Waals surface area contributed by atoms with Crippen LogP contribution in [0.3, 0.4) is 0 Å². The molecule has 7 nitrogen and oxygen atoms in total. The van der Waals surface area contributed by atoms with Crippen molar-refractivity contribution in [2.75, 3.05) is 0 Å². The fourth-order valence-corrected chi connectivity index (χ4v) is 1.60. The maximum atomic E-state index is 11.8. The second-order valence-electron chi connectivity index (χ2n) is 4.10. The molecule has 7 heteroatoms. The van der Waals surface area contributed by atoms with Crippen molar-refractivity contribution in [2.24, 2.45) is 5.10 Å². The van der Waals surface area contributed by atoms with Gasteiger partial charge in [0.05, 0.1) is 11.1 Å². The molecule has 0 aliphatic heterocycles. The summed E-state index contributed by atoms with van der Waals surface area (Å²) in [6, 6.07) is 11.7. The molecule has 0 saturated heterocycles. The highest BCUT2D eigenvalue weighted by atomic mass is 16.6. The average molecular weight is 285 g/mol. The molecule has 0 aromatic heterocycles. The number of hydrazone groups is 1. The maximum absolute atomic E-state index is 11.8. The van der Waals surface area contributed by atoms with Crippen molar-refractivity contribution in [3.05, 3.63) is 69.8 Å². The molecule has 2 N–H and O–H groups in total. The molecule has 0 heterocycles. The number of carbonyl (C=O) groups excluding carboxylic acids is 1. The van der Waals surface area contributed by atoms with E-state index in [1.807, 2.05) is 0 Å². The van der Waals surface area contributed by atoms with Gasteiger partial charge in [-0.05, 0) is 23.8 Å². The van der Waals surface area contributed by atoms with Crippen molar-refractivity contribution in [3.8, 4) is 5.75 Å². The number of nitrogens with zero attached hydrogens (tertiary/aromatic N) is 2. The van der Waals surface area contributed by atoms with Gasteiger partial charge in [0.1, 0.15) is 5.75 Å². The lowest BCUT2D eigenvalue weighted by atomic mass is 10.2. The van der Waals surface area contributed by atoms with Gasteiger partial charge < -0.3 is 5.11 Å². The van der Waals surface area contributed by atoms with E-state index in [9.17, 15) is 20.0 Å². The number of benzene rings is 2. The second-order valence-corrected chi connectivity index (χ2v) is 4.10. The van der Waals surface area contributed by atoms with Crippen molar-refractivity contribution < 1.29 is 14.8 Å². The maximum Gasteiger partial charge on any atom is 0.271 e. The molecule has 0 fully saturated rings. The molecule has 106 valence electrons. The lowest BCUT2D eigenvalue weighted by molar-refractivity contribution is -0.384. The zero-order valence-corrected chi connectivity index (χ0v) is 10.8. The number of aromatic hydroxyl groups is 1. The third-order valence-electron chi connectivity index (χ3n) is 2.57. The molecule has 2 aromatic rings. The fraction of sp³-hybridized carbons (Fsp3) is 0. The molecule has 0 unspecified atom stereocenters. The van der Waals surface area contributed by atoms with E-state index in [1.54, 1.807) is 12.1 Å². The van der Waals surface area contributed by atoms with Crippen molar-refractivity contribution in [2.45, 2.75) is 0 Å². The Hall–Kier alpha value is -3.22. The number of phenols is 1. The van der Waals surface area contributed by atoms with Crippen molar-refractivity contribution >= 4 is 17.8 Å². The molecular weight excluding hydrogens is 274 g/mol. The summed E-state index contributed by atoms with van der Waals surface area (Å²) >= 11 is 0. The van der Waals surface area contributed by atoms with Gasteiger partial charge in [-0.2, -0.15) is 5.10 Å². The number of amides is 1. The van der Waals surface area contributed by atoms with Crippen molar-refractivity contribution in [1.82, 2.24) is 5.43 Å². The Morgan fingerprint density at radius 1 is 1.24 bits per heavy atom. The average Bonchev–Trinajstić information content (AvgIpc) is 2.47. The molecular formula is C14H11N3O4. The highest BCUT2D eigenvalue weighted by Crippen LogP contribution is 2.13. The molecule has 2 aromatic carbocycles. The number of phenolic OH excluding ortho intramolecular Hbond substituents is 1. The number of carbonyl (C=O) groups is 1. The minimum Gasteiger partial charge on any atom is -0.508 e. The molecule has 0 spiro atoms. The van der Waals surface area contributed by atoms with Crippen LogP contribution in [-0.2, 0) is 0 Å². The van der Waals surface area contributed by atoms with E-state index in [-0.39, 0.29) is 17.0 Å². The largest absolute Gasteiger partial charge is 0.508 e. The van der Waals surface area contributed by atoms with E-state index in [2.05, 4.69) is 10.5 Å². The molecule has 0 atom stereocenters. The summed E-state index contributed by atoms with van der Waals surface area (Å²) in [5.41, 5.74) is 2.83. The molecule has 2 rings (SSSR count). The van der Waals surface area contributed by atoms with Gasteiger partial charge >= 0.3 is 0 Å². The Kier molecular flexibility index (Phi) is 4.25. The molecule has 0 saturated carbocycles. The van der Waals surface area contributed by atoms with Crippen LogP contribution in [-0.4, -0.2) is 22.2 Å². The van der Waals surface area contributed by atoms with Gasteiger partial charge in [-0.1, -0.05) is 18.2 Å². The first-order valence-electron chi connectivity index (χ1n) is 5.93. The molecule has 21 heavy (non-hydrogen) atoms. The highest BCUT2D eigenvalue weighted by Gasteiger charge is 2.10. The number of hydrogen-bond donors (Lipinski definition) is 2. The first-order chi connectivity index (χ1) is 10.1. The zero-order chi connectivity index (χ0) is 15.2. The lowest BCUT2D eigenvalue weighted by Crippen LogP contribution is -2.17. The van der Waals surface area contributed by atoms with E-state index in [4.69, 9.17) is 0 Å². The van der Waals surface area contributed by atoms with Crippen LogP contribution in [0.5, 0.6) is 5.75 Å². The topological polar surface area (TPSA) is 105 Å². The summed E-state index contributed by atoms with van der Waals surface area (Å²) in [6.07, 6.45) is 1.36. The van der Waals surface area contributed by atoms with Crippen LogP contribution in [0.2, 0.25) is 0 Å². The third kappa shape index (κ3) is 3.87. The fourth-order valence-electron chi connectivity index (χ4n) is 1.60. The van der Waals surface area contributed by atoms with Gasteiger partial charge in [-0.25, -0.2) is 5.43 Å². The number of non-ortho nitro benzene ring substituents is 1. The molecule has 0 aliphatic rings. The summed E-state index contributed by atoms with van der Waals surface area (Å²) in [6.45, 7) is 0. The standard InChI is InChI=1S/C14H11N3O4/c18-13-6-1-3-10(7-13)9-15-16-14(19)11-4-2-5-12(8-11)17(20)21/h1-9,18H,(H,16,19). The Labute approximate surface area is 119 Å². The SMILES string of the molecule is O=C(NN=Cc1cccc(O)c1)c1cccc([N+](=O)[O-])c1. The number of nitro benzene ring substituents is 1. The number of nitrogens with one attached hydrogen (secondary N) is 1. The Morgan fingerprint density at radius 3 is 2.71 bits per heavy atom. The predicted molar refractivity (Wildman–Crippen MR) is 76.3 cm³/mol. The first kappa shape index (κ1) is 14.2.